The van der Waals surface area contributed by atoms with E-state index >= 15 is 0 Å². The van der Waals surface area contributed by atoms with Crippen molar-refractivity contribution >= 4 is 0 Å². The second-order valence-electron chi connectivity index (χ2n) is 3.48. The lowest BCUT2D eigenvalue weighted by Crippen LogP contribution is -2.10. The number of aromatic nitrogens is 2. The number of rotatable bonds is 2. The number of alkyl halides is 3. The summed E-state index contributed by atoms with van der Waals surface area (Å²) in [6, 6.07) is 8.01. The summed E-state index contributed by atoms with van der Waals surface area (Å²) >= 11 is 0. The van der Waals surface area contributed by atoms with Crippen LogP contribution in [-0.2, 0) is 6.18 Å². The first kappa shape index (κ1) is 12.3. The van der Waals surface area contributed by atoms with Gasteiger partial charge in [0.1, 0.15) is 5.56 Å². The van der Waals surface area contributed by atoms with E-state index in [4.69, 9.17) is 4.74 Å². The summed E-state index contributed by atoms with van der Waals surface area (Å²) < 4.78 is 43.3. The van der Waals surface area contributed by atoms with Gasteiger partial charge in [-0.3, -0.25) is 0 Å². The van der Waals surface area contributed by atoms with E-state index in [1.165, 1.54) is 7.11 Å². The number of hydrogen-bond donors (Lipinski definition) is 0. The van der Waals surface area contributed by atoms with Crippen LogP contribution in [0.2, 0.25) is 0 Å². The standard InChI is InChI=1S/C12H9F3N2O/c1-18-11-16-7-9(12(13,14)15)10(17-11)8-5-3-2-4-6-8/h2-7H,1H3. The molecule has 2 rings (SSSR count). The first-order valence-corrected chi connectivity index (χ1v) is 5.06. The lowest BCUT2D eigenvalue weighted by atomic mass is 10.1. The molecule has 0 bridgehead atoms. The highest BCUT2D eigenvalue weighted by Gasteiger charge is 2.35. The summed E-state index contributed by atoms with van der Waals surface area (Å²) in [5, 5.41) is 0. The van der Waals surface area contributed by atoms with Crippen LogP contribution in [-0.4, -0.2) is 17.1 Å². The molecule has 0 saturated heterocycles. The number of halogens is 3. The van der Waals surface area contributed by atoms with Crippen molar-refractivity contribution in [1.29, 1.82) is 0 Å². The van der Waals surface area contributed by atoms with E-state index in [0.29, 0.717) is 5.56 Å². The second-order valence-corrected chi connectivity index (χ2v) is 3.48. The van der Waals surface area contributed by atoms with Crippen LogP contribution in [0.3, 0.4) is 0 Å². The third-order valence-electron chi connectivity index (χ3n) is 2.30. The third-order valence-corrected chi connectivity index (χ3v) is 2.30. The second kappa shape index (κ2) is 4.64. The largest absolute Gasteiger partial charge is 0.467 e. The van der Waals surface area contributed by atoms with Crippen LogP contribution < -0.4 is 4.74 Å². The molecule has 1 aromatic heterocycles. The Morgan fingerprint density at radius 1 is 1.11 bits per heavy atom. The summed E-state index contributed by atoms with van der Waals surface area (Å²) in [7, 11) is 1.30. The van der Waals surface area contributed by atoms with Gasteiger partial charge in [0.05, 0.1) is 12.8 Å². The van der Waals surface area contributed by atoms with Crippen molar-refractivity contribution in [3.05, 3.63) is 42.1 Å². The number of ether oxygens (including phenoxy) is 1. The minimum Gasteiger partial charge on any atom is -0.467 e. The Labute approximate surface area is 101 Å². The van der Waals surface area contributed by atoms with Crippen molar-refractivity contribution in [3.8, 4) is 17.3 Å². The molecule has 1 heterocycles. The van der Waals surface area contributed by atoms with Gasteiger partial charge in [0, 0.05) is 11.8 Å². The molecule has 0 N–H and O–H groups in total. The topological polar surface area (TPSA) is 35.0 Å². The lowest BCUT2D eigenvalue weighted by Gasteiger charge is -2.12. The van der Waals surface area contributed by atoms with Crippen molar-refractivity contribution in [2.45, 2.75) is 6.18 Å². The molecule has 0 aliphatic heterocycles. The highest BCUT2D eigenvalue weighted by molar-refractivity contribution is 5.63. The first-order chi connectivity index (χ1) is 8.52. The molecule has 0 radical (unpaired) electrons. The summed E-state index contributed by atoms with van der Waals surface area (Å²) in [5.74, 6) is 0. The SMILES string of the molecule is COc1ncc(C(F)(F)F)c(-c2ccccc2)n1. The molecular formula is C12H9F3N2O. The van der Waals surface area contributed by atoms with Gasteiger partial charge in [-0.05, 0) is 0 Å². The Hall–Kier alpha value is -2.11. The summed E-state index contributed by atoms with van der Waals surface area (Å²) in [5.41, 5.74) is -0.699. The van der Waals surface area contributed by atoms with Crippen molar-refractivity contribution in [2.24, 2.45) is 0 Å². The Morgan fingerprint density at radius 2 is 1.78 bits per heavy atom. The van der Waals surface area contributed by atoms with Crippen LogP contribution in [0.5, 0.6) is 6.01 Å². The maximum absolute atomic E-state index is 12.8. The number of benzene rings is 1. The average Bonchev–Trinajstić information content (AvgIpc) is 2.38. The molecule has 0 unspecified atom stereocenters. The van der Waals surface area contributed by atoms with E-state index in [1.54, 1.807) is 30.3 Å². The van der Waals surface area contributed by atoms with Gasteiger partial charge >= 0.3 is 12.2 Å². The molecule has 6 heteroatoms. The molecule has 94 valence electrons. The molecule has 2 aromatic rings. The van der Waals surface area contributed by atoms with Gasteiger partial charge < -0.3 is 4.74 Å². The molecule has 0 spiro atoms. The molecule has 0 fully saturated rings. The fourth-order valence-electron chi connectivity index (χ4n) is 1.49. The smallest absolute Gasteiger partial charge is 0.419 e. The highest BCUT2D eigenvalue weighted by atomic mass is 19.4. The molecular weight excluding hydrogens is 245 g/mol. The van der Waals surface area contributed by atoms with Crippen molar-refractivity contribution in [1.82, 2.24) is 9.97 Å². The van der Waals surface area contributed by atoms with Gasteiger partial charge in [-0.15, -0.1) is 0 Å². The minimum absolute atomic E-state index is 0.0955. The van der Waals surface area contributed by atoms with Crippen LogP contribution >= 0.6 is 0 Å². The van der Waals surface area contributed by atoms with Crippen molar-refractivity contribution < 1.29 is 17.9 Å². The van der Waals surface area contributed by atoms with Gasteiger partial charge in [0.2, 0.25) is 0 Å². The lowest BCUT2D eigenvalue weighted by molar-refractivity contribution is -0.137. The maximum atomic E-state index is 12.8. The van der Waals surface area contributed by atoms with Crippen LogP contribution in [0, 0.1) is 0 Å². The van der Waals surface area contributed by atoms with Crippen LogP contribution in [0.25, 0.3) is 11.3 Å². The zero-order valence-electron chi connectivity index (χ0n) is 9.40. The van der Waals surface area contributed by atoms with Crippen LogP contribution in [0.1, 0.15) is 5.56 Å². The monoisotopic (exact) mass is 254 g/mol. The van der Waals surface area contributed by atoms with E-state index < -0.39 is 11.7 Å². The number of hydrogen-bond acceptors (Lipinski definition) is 3. The van der Waals surface area contributed by atoms with Gasteiger partial charge in [-0.1, -0.05) is 30.3 Å². The number of methoxy groups -OCH3 is 1. The third kappa shape index (κ3) is 2.42. The predicted molar refractivity (Wildman–Crippen MR) is 59.0 cm³/mol. The molecule has 0 aliphatic rings. The summed E-state index contributed by atoms with van der Waals surface area (Å²) in [6.45, 7) is 0. The van der Waals surface area contributed by atoms with Gasteiger partial charge in [-0.2, -0.15) is 18.2 Å². The molecule has 1 aromatic carbocycles. The van der Waals surface area contributed by atoms with Gasteiger partial charge in [-0.25, -0.2) is 4.98 Å². The maximum Gasteiger partial charge on any atom is 0.419 e. The van der Waals surface area contributed by atoms with Gasteiger partial charge in [0.15, 0.2) is 0 Å². The van der Waals surface area contributed by atoms with E-state index in [-0.39, 0.29) is 11.7 Å². The Bertz CT molecular complexity index is 541. The number of nitrogens with zero attached hydrogens (tertiary/aromatic N) is 2. The molecule has 18 heavy (non-hydrogen) atoms. The fourth-order valence-corrected chi connectivity index (χ4v) is 1.49. The van der Waals surface area contributed by atoms with E-state index in [2.05, 4.69) is 9.97 Å². The fraction of sp³-hybridized carbons (Fsp3) is 0.167. The zero-order valence-corrected chi connectivity index (χ0v) is 9.40. The first-order valence-electron chi connectivity index (χ1n) is 5.06. The highest BCUT2D eigenvalue weighted by Crippen LogP contribution is 2.36. The molecule has 3 nitrogen and oxygen atoms in total. The molecule has 0 saturated carbocycles. The molecule has 0 atom stereocenters. The average molecular weight is 254 g/mol. The van der Waals surface area contributed by atoms with E-state index in [0.717, 1.165) is 6.20 Å². The Morgan fingerprint density at radius 3 is 2.33 bits per heavy atom. The van der Waals surface area contributed by atoms with E-state index in [1.807, 2.05) is 0 Å². The normalized spacial score (nSPS) is 11.3. The molecule has 0 aliphatic carbocycles. The molecule has 0 amide bonds. The Balaban J connectivity index is 2.62. The quantitative estimate of drug-likeness (QED) is 0.825. The van der Waals surface area contributed by atoms with Gasteiger partial charge in [0.25, 0.3) is 0 Å². The van der Waals surface area contributed by atoms with Crippen molar-refractivity contribution in [2.75, 3.05) is 7.11 Å². The van der Waals surface area contributed by atoms with E-state index in [9.17, 15) is 13.2 Å². The predicted octanol–water partition coefficient (Wildman–Crippen LogP) is 3.17. The van der Waals surface area contributed by atoms with Crippen molar-refractivity contribution in [3.63, 3.8) is 0 Å². The zero-order chi connectivity index (χ0) is 13.2. The van der Waals surface area contributed by atoms with Crippen LogP contribution in [0.4, 0.5) is 13.2 Å². The summed E-state index contributed by atoms with van der Waals surface area (Å²) in [6.07, 6.45) is -3.77. The Kier molecular flexibility index (Phi) is 3.18. The van der Waals surface area contributed by atoms with Crippen LogP contribution in [0.15, 0.2) is 36.5 Å². The minimum atomic E-state index is -4.50. The summed E-state index contributed by atoms with van der Waals surface area (Å²) in [4.78, 5) is 7.27.